The molecule has 1 aromatic heterocycles. The van der Waals surface area contributed by atoms with Crippen molar-refractivity contribution in [3.8, 4) is 0 Å². The van der Waals surface area contributed by atoms with E-state index < -0.39 is 6.10 Å². The van der Waals surface area contributed by atoms with E-state index in [0.29, 0.717) is 12.2 Å². The second kappa shape index (κ2) is 7.31. The highest BCUT2D eigenvalue weighted by molar-refractivity contribution is 7.99. The first-order chi connectivity index (χ1) is 9.29. The molecule has 19 heavy (non-hydrogen) atoms. The Morgan fingerprint density at radius 3 is 2.84 bits per heavy atom. The topological polar surface area (TPSA) is 50.9 Å². The van der Waals surface area contributed by atoms with Crippen LogP contribution in [0, 0.1) is 0 Å². The summed E-state index contributed by atoms with van der Waals surface area (Å²) >= 11 is 1.66. The van der Waals surface area contributed by atoms with E-state index in [0.717, 1.165) is 18.8 Å². The van der Waals surface area contributed by atoms with Crippen LogP contribution in [-0.4, -0.2) is 31.7 Å². The molecule has 1 atom stereocenters. The maximum Gasteiger partial charge on any atom is 0.138 e. The molecule has 0 saturated heterocycles. The number of aliphatic hydroxyl groups excluding tert-OH is 1. The Morgan fingerprint density at radius 2 is 2.11 bits per heavy atom. The number of hydrogen-bond acceptors (Lipinski definition) is 4. The number of nitrogens with zero attached hydrogens (tertiary/aromatic N) is 3. The van der Waals surface area contributed by atoms with Crippen molar-refractivity contribution in [1.29, 1.82) is 0 Å². The molecule has 2 rings (SSSR count). The van der Waals surface area contributed by atoms with Crippen LogP contribution in [-0.2, 0) is 13.0 Å². The van der Waals surface area contributed by atoms with E-state index in [1.54, 1.807) is 18.1 Å². The van der Waals surface area contributed by atoms with Gasteiger partial charge in [-0.05, 0) is 18.6 Å². The standard InChI is InChI=1S/C14H19N3OS/c1-2-8-17-14(15-11-16-17)9-12(18)10-19-13-6-4-3-5-7-13/h3-7,11-12,18H,2,8-10H2,1H3. The highest BCUT2D eigenvalue weighted by Gasteiger charge is 2.11. The van der Waals surface area contributed by atoms with Crippen LogP contribution in [0.2, 0.25) is 0 Å². The molecule has 0 amide bonds. The minimum absolute atomic E-state index is 0.398. The lowest BCUT2D eigenvalue weighted by molar-refractivity contribution is 0.195. The molecular weight excluding hydrogens is 258 g/mol. The molecular formula is C14H19N3OS. The summed E-state index contributed by atoms with van der Waals surface area (Å²) in [7, 11) is 0. The third-order valence-corrected chi connectivity index (χ3v) is 3.89. The lowest BCUT2D eigenvalue weighted by Gasteiger charge is -2.10. The molecule has 0 saturated carbocycles. The van der Waals surface area contributed by atoms with Gasteiger partial charge in [0.1, 0.15) is 12.2 Å². The number of benzene rings is 1. The van der Waals surface area contributed by atoms with Crippen molar-refractivity contribution in [3.05, 3.63) is 42.5 Å². The van der Waals surface area contributed by atoms with Crippen molar-refractivity contribution < 1.29 is 5.11 Å². The van der Waals surface area contributed by atoms with E-state index in [9.17, 15) is 5.11 Å². The Hall–Kier alpha value is -1.33. The number of aliphatic hydroxyl groups is 1. The molecule has 1 heterocycles. The van der Waals surface area contributed by atoms with Crippen LogP contribution >= 0.6 is 11.8 Å². The van der Waals surface area contributed by atoms with Gasteiger partial charge in [0, 0.05) is 23.6 Å². The molecule has 5 heteroatoms. The zero-order valence-corrected chi connectivity index (χ0v) is 11.9. The molecule has 2 aromatic rings. The summed E-state index contributed by atoms with van der Waals surface area (Å²) < 4.78 is 1.87. The summed E-state index contributed by atoms with van der Waals surface area (Å²) in [4.78, 5) is 5.39. The average Bonchev–Trinajstić information content (AvgIpc) is 2.85. The fraction of sp³-hybridized carbons (Fsp3) is 0.429. The number of thioether (sulfide) groups is 1. The molecule has 102 valence electrons. The van der Waals surface area contributed by atoms with Crippen molar-refractivity contribution in [2.24, 2.45) is 0 Å². The predicted octanol–water partition coefficient (Wildman–Crippen LogP) is 2.38. The van der Waals surface area contributed by atoms with Gasteiger partial charge in [0.2, 0.25) is 0 Å². The van der Waals surface area contributed by atoms with E-state index in [1.165, 1.54) is 4.90 Å². The Morgan fingerprint density at radius 1 is 1.32 bits per heavy atom. The van der Waals surface area contributed by atoms with Gasteiger partial charge in [0.25, 0.3) is 0 Å². The summed E-state index contributed by atoms with van der Waals surface area (Å²) in [6, 6.07) is 10.1. The molecule has 0 aliphatic rings. The van der Waals surface area contributed by atoms with Gasteiger partial charge in [-0.1, -0.05) is 25.1 Å². The maximum atomic E-state index is 10.1. The van der Waals surface area contributed by atoms with E-state index >= 15 is 0 Å². The van der Waals surface area contributed by atoms with Crippen LogP contribution in [0.3, 0.4) is 0 Å². The van der Waals surface area contributed by atoms with E-state index in [1.807, 2.05) is 22.9 Å². The van der Waals surface area contributed by atoms with Gasteiger partial charge >= 0.3 is 0 Å². The molecule has 1 aromatic carbocycles. The summed E-state index contributed by atoms with van der Waals surface area (Å²) in [6.45, 7) is 2.96. The van der Waals surface area contributed by atoms with Gasteiger partial charge in [-0.2, -0.15) is 5.10 Å². The van der Waals surface area contributed by atoms with Crippen LogP contribution in [0.15, 0.2) is 41.6 Å². The monoisotopic (exact) mass is 277 g/mol. The third kappa shape index (κ3) is 4.36. The number of rotatable bonds is 7. The zero-order valence-electron chi connectivity index (χ0n) is 11.1. The molecule has 0 fully saturated rings. The second-order valence-electron chi connectivity index (χ2n) is 4.38. The smallest absolute Gasteiger partial charge is 0.138 e. The quantitative estimate of drug-likeness (QED) is 0.790. The van der Waals surface area contributed by atoms with Crippen molar-refractivity contribution in [2.45, 2.75) is 37.3 Å². The normalized spacial score (nSPS) is 12.5. The van der Waals surface area contributed by atoms with Crippen LogP contribution in [0.5, 0.6) is 0 Å². The number of aromatic nitrogens is 3. The molecule has 0 radical (unpaired) electrons. The van der Waals surface area contributed by atoms with Crippen molar-refractivity contribution >= 4 is 11.8 Å². The van der Waals surface area contributed by atoms with Gasteiger partial charge in [-0.25, -0.2) is 4.98 Å². The van der Waals surface area contributed by atoms with Crippen LogP contribution < -0.4 is 0 Å². The zero-order chi connectivity index (χ0) is 13.5. The summed E-state index contributed by atoms with van der Waals surface area (Å²) in [5.41, 5.74) is 0. The lowest BCUT2D eigenvalue weighted by atomic mass is 10.3. The van der Waals surface area contributed by atoms with Gasteiger partial charge in [-0.15, -0.1) is 11.8 Å². The maximum absolute atomic E-state index is 10.1. The predicted molar refractivity (Wildman–Crippen MR) is 77.2 cm³/mol. The third-order valence-electron chi connectivity index (χ3n) is 2.73. The van der Waals surface area contributed by atoms with Gasteiger partial charge in [0.15, 0.2) is 0 Å². The lowest BCUT2D eigenvalue weighted by Crippen LogP contribution is -2.17. The molecule has 4 nitrogen and oxygen atoms in total. The van der Waals surface area contributed by atoms with E-state index in [2.05, 4.69) is 29.1 Å². The van der Waals surface area contributed by atoms with Gasteiger partial charge in [-0.3, -0.25) is 4.68 Å². The van der Waals surface area contributed by atoms with Crippen molar-refractivity contribution in [3.63, 3.8) is 0 Å². The minimum atomic E-state index is -0.398. The number of hydrogen-bond donors (Lipinski definition) is 1. The molecule has 0 aliphatic heterocycles. The molecule has 0 bridgehead atoms. The van der Waals surface area contributed by atoms with E-state index in [4.69, 9.17) is 0 Å². The Kier molecular flexibility index (Phi) is 5.42. The first-order valence-corrected chi connectivity index (χ1v) is 7.50. The molecule has 1 unspecified atom stereocenters. The largest absolute Gasteiger partial charge is 0.392 e. The fourth-order valence-electron chi connectivity index (χ4n) is 1.82. The summed E-state index contributed by atoms with van der Waals surface area (Å²) in [5.74, 6) is 1.53. The SMILES string of the molecule is CCCn1ncnc1CC(O)CSc1ccccc1. The van der Waals surface area contributed by atoms with Crippen molar-refractivity contribution in [2.75, 3.05) is 5.75 Å². The van der Waals surface area contributed by atoms with Crippen LogP contribution in [0.4, 0.5) is 0 Å². The molecule has 0 spiro atoms. The Balaban J connectivity index is 1.84. The van der Waals surface area contributed by atoms with Crippen LogP contribution in [0.1, 0.15) is 19.2 Å². The second-order valence-corrected chi connectivity index (χ2v) is 5.47. The number of aryl methyl sites for hydroxylation is 1. The molecule has 1 N–H and O–H groups in total. The average molecular weight is 277 g/mol. The van der Waals surface area contributed by atoms with Crippen LogP contribution in [0.25, 0.3) is 0 Å². The molecule has 0 aliphatic carbocycles. The highest BCUT2D eigenvalue weighted by Crippen LogP contribution is 2.18. The Labute approximate surface area is 117 Å². The van der Waals surface area contributed by atoms with Gasteiger partial charge in [0.05, 0.1) is 6.10 Å². The summed E-state index contributed by atoms with van der Waals surface area (Å²) in [6.07, 6.45) is 2.73. The van der Waals surface area contributed by atoms with Gasteiger partial charge < -0.3 is 5.11 Å². The first kappa shape index (κ1) is 14.1. The summed E-state index contributed by atoms with van der Waals surface area (Å²) in [5, 5.41) is 14.2. The first-order valence-electron chi connectivity index (χ1n) is 6.52. The minimum Gasteiger partial charge on any atom is -0.392 e. The Bertz CT molecular complexity index is 486. The highest BCUT2D eigenvalue weighted by atomic mass is 32.2. The fourth-order valence-corrected chi connectivity index (χ4v) is 2.68. The van der Waals surface area contributed by atoms with Crippen molar-refractivity contribution in [1.82, 2.24) is 14.8 Å². The van der Waals surface area contributed by atoms with E-state index in [-0.39, 0.29) is 0 Å².